The number of carbonyl (C=O) groups is 1. The van der Waals surface area contributed by atoms with Crippen LogP contribution >= 0.6 is 0 Å². The van der Waals surface area contributed by atoms with E-state index < -0.39 is 17.3 Å². The largest absolute Gasteiger partial charge is 0.416 e. The summed E-state index contributed by atoms with van der Waals surface area (Å²) in [6.07, 6.45) is -4.47. The van der Waals surface area contributed by atoms with Crippen molar-refractivity contribution in [3.63, 3.8) is 0 Å². The lowest BCUT2D eigenvalue weighted by molar-refractivity contribution is -0.137. The highest BCUT2D eigenvalue weighted by Crippen LogP contribution is 2.34. The van der Waals surface area contributed by atoms with E-state index in [1.165, 1.54) is 7.05 Å². The first-order valence-electron chi connectivity index (χ1n) is 6.49. The first-order chi connectivity index (χ1) is 9.66. The van der Waals surface area contributed by atoms with Crippen LogP contribution in [0.2, 0.25) is 0 Å². The molecule has 21 heavy (non-hydrogen) atoms. The van der Waals surface area contributed by atoms with Crippen LogP contribution in [0.1, 0.15) is 19.4 Å². The molecule has 0 aliphatic carbocycles. The molecule has 2 heterocycles. The van der Waals surface area contributed by atoms with Crippen LogP contribution in [0.15, 0.2) is 12.1 Å². The number of carbonyl (C=O) groups excluding carboxylic acids is 1. The molecular formula is C13H17F3N4O. The van der Waals surface area contributed by atoms with Crippen molar-refractivity contribution in [3.8, 4) is 0 Å². The fraction of sp³-hybridized carbons (Fsp3) is 0.538. The average molecular weight is 302 g/mol. The van der Waals surface area contributed by atoms with E-state index in [2.05, 4.69) is 15.6 Å². The zero-order valence-corrected chi connectivity index (χ0v) is 12.0. The molecule has 1 aromatic heterocycles. The molecule has 1 aliphatic heterocycles. The summed E-state index contributed by atoms with van der Waals surface area (Å²) in [7, 11) is 1.50. The van der Waals surface area contributed by atoms with Crippen LogP contribution in [0, 0.1) is 0 Å². The lowest BCUT2D eigenvalue weighted by Gasteiger charge is -2.42. The molecule has 0 unspecified atom stereocenters. The van der Waals surface area contributed by atoms with Gasteiger partial charge in [-0.15, -0.1) is 0 Å². The molecule has 0 bridgehead atoms. The molecule has 0 saturated carbocycles. The lowest BCUT2D eigenvalue weighted by Crippen LogP contribution is -2.62. The van der Waals surface area contributed by atoms with Crippen LogP contribution in [-0.4, -0.2) is 36.6 Å². The molecule has 1 saturated heterocycles. The fourth-order valence-corrected chi connectivity index (χ4v) is 2.25. The molecule has 0 spiro atoms. The van der Waals surface area contributed by atoms with Gasteiger partial charge in [-0.1, -0.05) is 0 Å². The van der Waals surface area contributed by atoms with Crippen molar-refractivity contribution in [2.75, 3.05) is 30.4 Å². The van der Waals surface area contributed by atoms with Crippen molar-refractivity contribution in [1.82, 2.24) is 10.3 Å². The summed E-state index contributed by atoms with van der Waals surface area (Å²) in [5.74, 6) is 0.00889. The summed E-state index contributed by atoms with van der Waals surface area (Å²) >= 11 is 0. The number of anilines is 2. The smallest absolute Gasteiger partial charge is 0.373 e. The maximum Gasteiger partial charge on any atom is 0.416 e. The third-order valence-corrected chi connectivity index (χ3v) is 3.52. The monoisotopic (exact) mass is 302 g/mol. The number of aromatic nitrogens is 1. The molecular weight excluding hydrogens is 285 g/mol. The molecule has 5 nitrogen and oxygen atoms in total. The molecule has 8 heteroatoms. The van der Waals surface area contributed by atoms with Gasteiger partial charge in [-0.05, 0) is 26.0 Å². The zero-order chi connectivity index (χ0) is 15.8. The second-order valence-electron chi connectivity index (χ2n) is 5.31. The average Bonchev–Trinajstić information content (AvgIpc) is 2.40. The van der Waals surface area contributed by atoms with Crippen LogP contribution in [-0.2, 0) is 11.0 Å². The van der Waals surface area contributed by atoms with Gasteiger partial charge in [0.2, 0.25) is 5.91 Å². The van der Waals surface area contributed by atoms with Gasteiger partial charge in [0.15, 0.2) is 0 Å². The summed E-state index contributed by atoms with van der Waals surface area (Å²) in [4.78, 5) is 17.7. The number of pyridine rings is 1. The minimum atomic E-state index is -4.47. The molecule has 0 atom stereocenters. The third kappa shape index (κ3) is 2.88. The Morgan fingerprint density at radius 1 is 1.38 bits per heavy atom. The number of amides is 1. The van der Waals surface area contributed by atoms with Gasteiger partial charge in [0.25, 0.3) is 0 Å². The number of hydrogen-bond donors (Lipinski definition) is 2. The molecule has 1 aromatic rings. The number of hydrogen-bond acceptors (Lipinski definition) is 4. The van der Waals surface area contributed by atoms with Gasteiger partial charge in [-0.2, -0.15) is 13.2 Å². The van der Waals surface area contributed by atoms with E-state index in [9.17, 15) is 18.0 Å². The van der Waals surface area contributed by atoms with Gasteiger partial charge in [0.1, 0.15) is 17.2 Å². The highest BCUT2D eigenvalue weighted by Gasteiger charge is 2.40. The maximum atomic E-state index is 13.0. The number of nitrogens with one attached hydrogen (secondary N) is 2. The summed E-state index contributed by atoms with van der Waals surface area (Å²) in [6.45, 7) is 4.08. The summed E-state index contributed by atoms with van der Waals surface area (Å²) in [6, 6.07) is 1.92. The van der Waals surface area contributed by atoms with Crippen LogP contribution in [0.25, 0.3) is 0 Å². The Labute approximate surface area is 120 Å². The summed E-state index contributed by atoms with van der Waals surface area (Å²) < 4.78 is 38.9. The minimum Gasteiger partial charge on any atom is -0.373 e. The van der Waals surface area contributed by atoms with E-state index >= 15 is 0 Å². The molecule has 0 aromatic carbocycles. The molecule has 2 N–H and O–H groups in total. The molecule has 1 fully saturated rings. The normalized spacial score (nSPS) is 18.4. The van der Waals surface area contributed by atoms with E-state index in [1.54, 1.807) is 18.7 Å². The van der Waals surface area contributed by atoms with Crippen molar-refractivity contribution in [2.45, 2.75) is 25.6 Å². The Hall–Kier alpha value is -1.99. The predicted octanol–water partition coefficient (Wildman–Crippen LogP) is 1.86. The van der Waals surface area contributed by atoms with Crippen LogP contribution in [0.3, 0.4) is 0 Å². The van der Waals surface area contributed by atoms with Crippen molar-refractivity contribution in [2.24, 2.45) is 0 Å². The van der Waals surface area contributed by atoms with E-state index in [-0.39, 0.29) is 17.5 Å². The minimum absolute atomic E-state index is 0.113. The first-order valence-corrected chi connectivity index (χ1v) is 6.49. The first kappa shape index (κ1) is 15.4. The Kier molecular flexibility index (Phi) is 3.73. The third-order valence-electron chi connectivity index (χ3n) is 3.52. The second-order valence-corrected chi connectivity index (χ2v) is 5.31. The zero-order valence-electron chi connectivity index (χ0n) is 12.0. The Morgan fingerprint density at radius 2 is 2.05 bits per heavy atom. The number of rotatable bonds is 2. The second kappa shape index (κ2) is 5.09. The van der Waals surface area contributed by atoms with Crippen molar-refractivity contribution < 1.29 is 18.0 Å². The Morgan fingerprint density at radius 3 is 2.62 bits per heavy atom. The SMILES string of the molecule is CNc1cc(C(F)(F)F)cc(N2CCNC(=O)C2(C)C)n1. The number of halogens is 3. The summed E-state index contributed by atoms with van der Waals surface area (Å²) in [5, 5.41) is 5.32. The van der Waals surface area contributed by atoms with Crippen molar-refractivity contribution in [1.29, 1.82) is 0 Å². The number of alkyl halides is 3. The van der Waals surface area contributed by atoms with Gasteiger partial charge in [0.05, 0.1) is 5.56 Å². The number of nitrogens with zero attached hydrogens (tertiary/aromatic N) is 2. The molecule has 116 valence electrons. The van der Waals surface area contributed by atoms with Gasteiger partial charge >= 0.3 is 6.18 Å². The molecule has 2 rings (SSSR count). The standard InChI is InChI=1S/C13H17F3N4O/c1-12(2)11(21)18-4-5-20(12)10-7-8(13(14,15)16)6-9(17-3)19-10/h6-7H,4-5H2,1-3H3,(H,17,19)(H,18,21). The maximum absolute atomic E-state index is 13.0. The van der Waals surface area contributed by atoms with Gasteiger partial charge in [0, 0.05) is 20.1 Å². The highest BCUT2D eigenvalue weighted by atomic mass is 19.4. The van der Waals surface area contributed by atoms with E-state index in [1.807, 2.05) is 0 Å². The predicted molar refractivity (Wildman–Crippen MR) is 73.2 cm³/mol. The Balaban J connectivity index is 2.50. The van der Waals surface area contributed by atoms with Gasteiger partial charge < -0.3 is 15.5 Å². The van der Waals surface area contributed by atoms with Gasteiger partial charge in [-0.25, -0.2) is 4.98 Å². The van der Waals surface area contributed by atoms with Crippen molar-refractivity contribution in [3.05, 3.63) is 17.7 Å². The fourth-order valence-electron chi connectivity index (χ4n) is 2.25. The molecule has 0 radical (unpaired) electrons. The molecule has 1 amide bonds. The van der Waals surface area contributed by atoms with Gasteiger partial charge in [-0.3, -0.25) is 4.79 Å². The van der Waals surface area contributed by atoms with E-state index in [0.717, 1.165) is 12.1 Å². The molecule has 1 aliphatic rings. The van der Waals surface area contributed by atoms with Crippen LogP contribution in [0.4, 0.5) is 24.8 Å². The topological polar surface area (TPSA) is 57.3 Å². The van der Waals surface area contributed by atoms with E-state index in [0.29, 0.717) is 13.1 Å². The quantitative estimate of drug-likeness (QED) is 0.875. The van der Waals surface area contributed by atoms with Crippen LogP contribution < -0.4 is 15.5 Å². The Bertz CT molecular complexity index is 557. The summed E-state index contributed by atoms with van der Waals surface area (Å²) in [5.41, 5.74) is -1.75. The number of piperazine rings is 1. The van der Waals surface area contributed by atoms with Crippen molar-refractivity contribution >= 4 is 17.5 Å². The highest BCUT2D eigenvalue weighted by molar-refractivity contribution is 5.90. The van der Waals surface area contributed by atoms with Crippen LogP contribution in [0.5, 0.6) is 0 Å². The van der Waals surface area contributed by atoms with E-state index in [4.69, 9.17) is 0 Å². The lowest BCUT2D eigenvalue weighted by atomic mass is 9.98.